The first kappa shape index (κ1) is 15.1. The van der Waals surface area contributed by atoms with Gasteiger partial charge in [-0.1, -0.05) is 6.07 Å². The smallest absolute Gasteiger partial charge is 0.225 e. The van der Waals surface area contributed by atoms with Crippen LogP contribution in [0.25, 0.3) is 0 Å². The van der Waals surface area contributed by atoms with Crippen molar-refractivity contribution in [3.63, 3.8) is 0 Å². The second-order valence-electron chi connectivity index (χ2n) is 4.09. The number of amides is 1. The van der Waals surface area contributed by atoms with Crippen molar-refractivity contribution < 1.29 is 13.2 Å². The topological polar surface area (TPSA) is 90.3 Å². The molecular formula is C12H15N3O3S. The van der Waals surface area contributed by atoms with E-state index in [2.05, 4.69) is 5.32 Å². The molecule has 102 valence electrons. The van der Waals surface area contributed by atoms with E-state index in [9.17, 15) is 13.2 Å². The highest BCUT2D eigenvalue weighted by Crippen LogP contribution is 2.10. The standard InChI is InChI=1S/C12H15N3O3S/c1-15(2)19(17,18)7-6-12(16)14-11-5-3-4-10(8-11)9-13/h3-5,8H,6-7H2,1-2H3,(H,14,16). The van der Waals surface area contributed by atoms with E-state index < -0.39 is 15.9 Å². The minimum absolute atomic E-state index is 0.128. The molecular weight excluding hydrogens is 266 g/mol. The van der Waals surface area contributed by atoms with Crippen molar-refractivity contribution in [1.29, 1.82) is 5.26 Å². The van der Waals surface area contributed by atoms with Crippen molar-refractivity contribution >= 4 is 21.6 Å². The molecule has 0 atom stereocenters. The number of hydrogen-bond acceptors (Lipinski definition) is 4. The van der Waals surface area contributed by atoms with E-state index in [1.807, 2.05) is 6.07 Å². The van der Waals surface area contributed by atoms with Crippen molar-refractivity contribution in [2.24, 2.45) is 0 Å². The molecule has 0 saturated heterocycles. The first-order valence-corrected chi connectivity index (χ1v) is 7.16. The van der Waals surface area contributed by atoms with E-state index in [4.69, 9.17) is 5.26 Å². The van der Waals surface area contributed by atoms with E-state index in [-0.39, 0.29) is 12.2 Å². The largest absolute Gasteiger partial charge is 0.326 e. The number of nitrogens with one attached hydrogen (secondary N) is 1. The van der Waals surface area contributed by atoms with Crippen LogP contribution >= 0.6 is 0 Å². The molecule has 0 heterocycles. The van der Waals surface area contributed by atoms with Gasteiger partial charge in [-0.05, 0) is 18.2 Å². The summed E-state index contributed by atoms with van der Waals surface area (Å²) < 4.78 is 24.1. The normalized spacial score (nSPS) is 11.1. The zero-order valence-corrected chi connectivity index (χ0v) is 11.6. The highest BCUT2D eigenvalue weighted by atomic mass is 32.2. The van der Waals surface area contributed by atoms with Crippen molar-refractivity contribution in [2.45, 2.75) is 6.42 Å². The molecule has 1 amide bonds. The average Bonchev–Trinajstić information content (AvgIpc) is 2.36. The maximum Gasteiger partial charge on any atom is 0.225 e. The van der Waals surface area contributed by atoms with E-state index in [0.29, 0.717) is 11.3 Å². The summed E-state index contributed by atoms with van der Waals surface area (Å²) in [5, 5.41) is 11.3. The summed E-state index contributed by atoms with van der Waals surface area (Å²) in [4.78, 5) is 11.6. The number of anilines is 1. The quantitative estimate of drug-likeness (QED) is 0.863. The van der Waals surface area contributed by atoms with E-state index in [1.54, 1.807) is 18.2 Å². The molecule has 0 aliphatic heterocycles. The highest BCUT2D eigenvalue weighted by Gasteiger charge is 2.15. The number of rotatable bonds is 5. The van der Waals surface area contributed by atoms with Crippen molar-refractivity contribution in [3.05, 3.63) is 29.8 Å². The predicted molar refractivity (Wildman–Crippen MR) is 71.9 cm³/mol. The van der Waals surface area contributed by atoms with Gasteiger partial charge in [-0.2, -0.15) is 5.26 Å². The SMILES string of the molecule is CN(C)S(=O)(=O)CCC(=O)Nc1cccc(C#N)c1. The molecule has 19 heavy (non-hydrogen) atoms. The minimum atomic E-state index is -3.38. The van der Waals surface area contributed by atoms with Crippen LogP contribution in [0.3, 0.4) is 0 Å². The lowest BCUT2D eigenvalue weighted by molar-refractivity contribution is -0.115. The molecule has 1 aromatic rings. The molecule has 0 radical (unpaired) electrons. The lowest BCUT2D eigenvalue weighted by Gasteiger charge is -2.11. The van der Waals surface area contributed by atoms with E-state index in [0.717, 1.165) is 4.31 Å². The van der Waals surface area contributed by atoms with Crippen LogP contribution in [0.5, 0.6) is 0 Å². The molecule has 6 nitrogen and oxygen atoms in total. The molecule has 0 fully saturated rings. The summed E-state index contributed by atoms with van der Waals surface area (Å²) in [7, 11) is -0.538. The van der Waals surface area contributed by atoms with Crippen LogP contribution in [-0.4, -0.2) is 38.5 Å². The summed E-state index contributed by atoms with van der Waals surface area (Å²) in [6.45, 7) is 0. The van der Waals surface area contributed by atoms with Gasteiger partial charge in [0.2, 0.25) is 15.9 Å². The molecule has 0 aliphatic rings. The van der Waals surface area contributed by atoms with E-state index in [1.165, 1.54) is 20.2 Å². The summed E-state index contributed by atoms with van der Waals surface area (Å²) in [5.41, 5.74) is 0.907. The Labute approximate surface area is 112 Å². The monoisotopic (exact) mass is 281 g/mol. The fraction of sp³-hybridized carbons (Fsp3) is 0.333. The van der Waals surface area contributed by atoms with Crippen molar-refractivity contribution in [3.8, 4) is 6.07 Å². The molecule has 0 spiro atoms. The second-order valence-corrected chi connectivity index (χ2v) is 6.39. The Hall–Kier alpha value is -1.91. The first-order chi connectivity index (χ1) is 8.85. The van der Waals surface area contributed by atoms with Gasteiger partial charge >= 0.3 is 0 Å². The molecule has 1 aromatic carbocycles. The second kappa shape index (κ2) is 6.31. The van der Waals surface area contributed by atoms with Gasteiger partial charge in [0.1, 0.15) is 0 Å². The van der Waals surface area contributed by atoms with E-state index >= 15 is 0 Å². The molecule has 0 unspecified atom stereocenters. The van der Waals surface area contributed by atoms with Gasteiger partial charge in [0, 0.05) is 26.2 Å². The van der Waals surface area contributed by atoms with Gasteiger partial charge in [-0.15, -0.1) is 0 Å². The summed E-state index contributed by atoms with van der Waals surface area (Å²) in [6, 6.07) is 8.38. The van der Waals surface area contributed by atoms with Gasteiger partial charge in [-0.3, -0.25) is 4.79 Å². The Morgan fingerprint density at radius 3 is 2.68 bits per heavy atom. The molecule has 1 rings (SSSR count). The molecule has 0 aromatic heterocycles. The number of nitrogens with zero attached hydrogens (tertiary/aromatic N) is 2. The number of carbonyl (C=O) groups excluding carboxylic acids is 1. The zero-order valence-electron chi connectivity index (χ0n) is 10.8. The lowest BCUT2D eigenvalue weighted by atomic mass is 10.2. The van der Waals surface area contributed by atoms with Crippen LogP contribution < -0.4 is 5.32 Å². The Bertz CT molecular complexity index is 603. The number of carbonyl (C=O) groups is 1. The number of hydrogen-bond donors (Lipinski definition) is 1. The zero-order chi connectivity index (χ0) is 14.5. The fourth-order valence-electron chi connectivity index (χ4n) is 1.29. The molecule has 0 saturated carbocycles. The summed E-state index contributed by atoms with van der Waals surface area (Å²) in [6.07, 6.45) is -0.128. The Morgan fingerprint density at radius 1 is 1.42 bits per heavy atom. The number of nitriles is 1. The van der Waals surface area contributed by atoms with Crippen LogP contribution in [0.1, 0.15) is 12.0 Å². The Morgan fingerprint density at radius 2 is 2.11 bits per heavy atom. The lowest BCUT2D eigenvalue weighted by Crippen LogP contribution is -2.27. The third-order valence-corrected chi connectivity index (χ3v) is 4.25. The average molecular weight is 281 g/mol. The molecule has 0 aliphatic carbocycles. The van der Waals surface area contributed by atoms with Gasteiger partial charge in [0.05, 0.1) is 17.4 Å². The molecule has 1 N–H and O–H groups in total. The van der Waals surface area contributed by atoms with Gasteiger partial charge in [0.15, 0.2) is 0 Å². The Balaban J connectivity index is 2.59. The van der Waals surface area contributed by atoms with Gasteiger partial charge in [0.25, 0.3) is 0 Å². The Kier molecular flexibility index (Phi) is 5.03. The minimum Gasteiger partial charge on any atom is -0.326 e. The maximum atomic E-state index is 11.6. The number of sulfonamides is 1. The number of benzene rings is 1. The summed E-state index contributed by atoms with van der Waals surface area (Å²) in [5.74, 6) is -0.649. The third-order valence-electron chi connectivity index (χ3n) is 2.42. The van der Waals surface area contributed by atoms with Crippen molar-refractivity contribution in [2.75, 3.05) is 25.2 Å². The van der Waals surface area contributed by atoms with Crippen LogP contribution in [0.4, 0.5) is 5.69 Å². The fourth-order valence-corrected chi connectivity index (χ4v) is 2.10. The maximum absolute atomic E-state index is 11.6. The van der Waals surface area contributed by atoms with Crippen LogP contribution in [0.15, 0.2) is 24.3 Å². The van der Waals surface area contributed by atoms with Crippen LogP contribution in [-0.2, 0) is 14.8 Å². The predicted octanol–water partition coefficient (Wildman–Crippen LogP) is 0.778. The highest BCUT2D eigenvalue weighted by molar-refractivity contribution is 7.89. The summed E-state index contributed by atoms with van der Waals surface area (Å²) >= 11 is 0. The third kappa shape index (κ3) is 4.69. The van der Waals surface area contributed by atoms with Gasteiger partial charge < -0.3 is 5.32 Å². The molecule has 0 bridgehead atoms. The van der Waals surface area contributed by atoms with Crippen molar-refractivity contribution in [1.82, 2.24) is 4.31 Å². The van der Waals surface area contributed by atoms with Gasteiger partial charge in [-0.25, -0.2) is 12.7 Å². The van der Waals surface area contributed by atoms with Crippen LogP contribution in [0, 0.1) is 11.3 Å². The first-order valence-electron chi connectivity index (χ1n) is 5.55. The molecule has 7 heteroatoms. The van der Waals surface area contributed by atoms with Crippen LogP contribution in [0.2, 0.25) is 0 Å².